The summed E-state index contributed by atoms with van der Waals surface area (Å²) in [7, 11) is 0. The van der Waals surface area contributed by atoms with E-state index in [0.717, 1.165) is 10.2 Å². The number of aromatic amines is 1. The average Bonchev–Trinajstić information content (AvgIpc) is 2.80. The molecule has 10 heteroatoms. The zero-order valence-corrected chi connectivity index (χ0v) is 20.9. The maximum Gasteiger partial charge on any atom is 0.349 e. The lowest BCUT2D eigenvalue weighted by Crippen LogP contribution is -2.32. The molecule has 0 aliphatic rings. The van der Waals surface area contributed by atoms with Gasteiger partial charge in [-0.15, -0.1) is 4.68 Å². The van der Waals surface area contributed by atoms with Crippen LogP contribution in [0, 0.1) is 0 Å². The summed E-state index contributed by atoms with van der Waals surface area (Å²) in [6.45, 7) is 2.46. The Balaban J connectivity index is 1.65. The first-order chi connectivity index (χ1) is 16.4. The number of nitrogens with zero attached hydrogens (tertiary/aromatic N) is 2. The van der Waals surface area contributed by atoms with Gasteiger partial charge in [-0.2, -0.15) is 5.10 Å². The highest BCUT2D eigenvalue weighted by Crippen LogP contribution is 2.34. The van der Waals surface area contributed by atoms with Gasteiger partial charge in [0.05, 0.1) is 23.7 Å². The highest BCUT2D eigenvalue weighted by Gasteiger charge is 2.12. The van der Waals surface area contributed by atoms with Crippen molar-refractivity contribution in [3.63, 3.8) is 0 Å². The van der Waals surface area contributed by atoms with E-state index in [9.17, 15) is 9.59 Å². The zero-order valence-electron chi connectivity index (χ0n) is 17.8. The van der Waals surface area contributed by atoms with Gasteiger partial charge in [0, 0.05) is 25.6 Å². The van der Waals surface area contributed by atoms with Crippen LogP contribution in [0.4, 0.5) is 0 Å². The fourth-order valence-electron chi connectivity index (χ4n) is 3.20. The van der Waals surface area contributed by atoms with Crippen molar-refractivity contribution in [2.24, 2.45) is 5.10 Å². The highest BCUT2D eigenvalue weighted by molar-refractivity contribution is 9.10. The van der Waals surface area contributed by atoms with Gasteiger partial charge in [0.15, 0.2) is 11.5 Å². The molecule has 1 heterocycles. The number of aromatic nitrogens is 2. The Bertz CT molecular complexity index is 1510. The number of ether oxygens (including phenoxy) is 2. The van der Waals surface area contributed by atoms with Gasteiger partial charge in [0.1, 0.15) is 6.61 Å². The summed E-state index contributed by atoms with van der Waals surface area (Å²) < 4.78 is 13.1. The fourth-order valence-corrected chi connectivity index (χ4v) is 4.09. The van der Waals surface area contributed by atoms with Crippen molar-refractivity contribution in [1.29, 1.82) is 0 Å². The van der Waals surface area contributed by atoms with Crippen LogP contribution in [-0.2, 0) is 6.61 Å². The average molecular weight is 563 g/mol. The lowest BCUT2D eigenvalue weighted by Gasteiger charge is -2.14. The number of hydrogen-bond donors (Lipinski definition) is 1. The van der Waals surface area contributed by atoms with E-state index in [0.29, 0.717) is 49.1 Å². The molecule has 0 saturated carbocycles. The van der Waals surface area contributed by atoms with Gasteiger partial charge in [-0.05, 0) is 59.3 Å². The molecule has 1 N–H and O–H groups in total. The SMILES string of the molecule is CCOc1cc(C=Nn2c(=O)[nH]c3ccccc3c2=O)c(Br)cc1OCc1ccc(Cl)cc1Cl. The Hall–Kier alpha value is -3.07. The monoisotopic (exact) mass is 561 g/mol. The third-order valence-electron chi connectivity index (χ3n) is 4.86. The third-order valence-corrected chi connectivity index (χ3v) is 6.13. The van der Waals surface area contributed by atoms with Crippen LogP contribution < -0.4 is 20.7 Å². The van der Waals surface area contributed by atoms with Gasteiger partial charge in [-0.3, -0.25) is 4.79 Å². The summed E-state index contributed by atoms with van der Waals surface area (Å²) in [6, 6.07) is 15.4. The van der Waals surface area contributed by atoms with E-state index in [2.05, 4.69) is 26.0 Å². The van der Waals surface area contributed by atoms with Crippen LogP contribution in [0.15, 0.2) is 73.8 Å². The molecular formula is C24H18BrCl2N3O4. The Morgan fingerprint density at radius 1 is 1.06 bits per heavy atom. The van der Waals surface area contributed by atoms with Crippen LogP contribution in [0.5, 0.6) is 11.5 Å². The molecule has 0 bridgehead atoms. The summed E-state index contributed by atoms with van der Waals surface area (Å²) in [4.78, 5) is 27.7. The number of rotatable bonds is 7. The molecule has 3 aromatic carbocycles. The molecule has 0 fully saturated rings. The molecule has 0 unspecified atom stereocenters. The second kappa shape index (κ2) is 10.5. The molecule has 0 spiro atoms. The lowest BCUT2D eigenvalue weighted by atomic mass is 10.2. The summed E-state index contributed by atoms with van der Waals surface area (Å²) in [5, 5.41) is 5.51. The molecular weight excluding hydrogens is 545 g/mol. The summed E-state index contributed by atoms with van der Waals surface area (Å²) >= 11 is 15.7. The number of fused-ring (bicyclic) bond motifs is 1. The minimum Gasteiger partial charge on any atom is -0.490 e. The molecule has 4 rings (SSSR count). The lowest BCUT2D eigenvalue weighted by molar-refractivity contribution is 0.269. The Labute approximate surface area is 212 Å². The number of H-pyrrole nitrogens is 1. The highest BCUT2D eigenvalue weighted by atomic mass is 79.9. The second-order valence-corrected chi connectivity index (χ2v) is 8.81. The van der Waals surface area contributed by atoms with Crippen molar-refractivity contribution in [1.82, 2.24) is 9.66 Å². The largest absolute Gasteiger partial charge is 0.490 e. The van der Waals surface area contributed by atoms with E-state index in [1.807, 2.05) is 6.92 Å². The normalized spacial score (nSPS) is 11.3. The van der Waals surface area contributed by atoms with Gasteiger partial charge < -0.3 is 14.5 Å². The molecule has 0 aliphatic heterocycles. The maximum atomic E-state index is 12.7. The second-order valence-electron chi connectivity index (χ2n) is 7.12. The number of hydrogen-bond acceptors (Lipinski definition) is 5. The summed E-state index contributed by atoms with van der Waals surface area (Å²) in [6.07, 6.45) is 1.40. The van der Waals surface area contributed by atoms with Gasteiger partial charge in [-0.1, -0.05) is 41.4 Å². The number of benzene rings is 3. The first-order valence-electron chi connectivity index (χ1n) is 10.2. The number of nitrogens with one attached hydrogen (secondary N) is 1. The molecule has 4 aromatic rings. The van der Waals surface area contributed by atoms with Crippen molar-refractivity contribution in [2.45, 2.75) is 13.5 Å². The van der Waals surface area contributed by atoms with E-state index in [-0.39, 0.29) is 6.61 Å². The van der Waals surface area contributed by atoms with E-state index in [1.54, 1.807) is 54.6 Å². The quantitative estimate of drug-likeness (QED) is 0.296. The van der Waals surface area contributed by atoms with Crippen LogP contribution in [0.25, 0.3) is 10.9 Å². The molecule has 0 saturated heterocycles. The maximum absolute atomic E-state index is 12.7. The standard InChI is InChI=1S/C24H18BrCl2N3O4/c1-2-33-21-9-15(12-28-30-23(31)17-5-3-4-6-20(17)29-24(30)32)18(25)11-22(21)34-13-14-7-8-16(26)10-19(14)27/h3-12H,2,13H2,1H3,(H,29,32). The topological polar surface area (TPSA) is 85.7 Å². The first-order valence-corrected chi connectivity index (χ1v) is 11.7. The van der Waals surface area contributed by atoms with Crippen molar-refractivity contribution in [3.05, 3.63) is 101 Å². The molecule has 0 atom stereocenters. The van der Waals surface area contributed by atoms with Gasteiger partial charge in [0.25, 0.3) is 5.56 Å². The summed E-state index contributed by atoms with van der Waals surface area (Å²) in [5.41, 5.74) is 0.647. The van der Waals surface area contributed by atoms with Crippen LogP contribution in [0.2, 0.25) is 10.0 Å². The van der Waals surface area contributed by atoms with Crippen LogP contribution in [0.1, 0.15) is 18.1 Å². The minimum atomic E-state index is -0.638. The predicted molar refractivity (Wildman–Crippen MR) is 138 cm³/mol. The van der Waals surface area contributed by atoms with E-state index >= 15 is 0 Å². The van der Waals surface area contributed by atoms with E-state index < -0.39 is 11.2 Å². The van der Waals surface area contributed by atoms with Crippen molar-refractivity contribution in [2.75, 3.05) is 6.61 Å². The number of halogens is 3. The van der Waals surface area contributed by atoms with E-state index in [1.165, 1.54) is 6.21 Å². The molecule has 1 aromatic heterocycles. The smallest absolute Gasteiger partial charge is 0.349 e. The van der Waals surface area contributed by atoms with Gasteiger partial charge in [-0.25, -0.2) is 4.79 Å². The fraction of sp³-hybridized carbons (Fsp3) is 0.125. The minimum absolute atomic E-state index is 0.206. The van der Waals surface area contributed by atoms with Crippen LogP contribution >= 0.6 is 39.1 Å². The molecule has 7 nitrogen and oxygen atoms in total. The molecule has 0 amide bonds. The Morgan fingerprint density at radius 3 is 2.59 bits per heavy atom. The first kappa shape index (κ1) is 24.1. The number of para-hydroxylation sites is 1. The predicted octanol–water partition coefficient (Wildman–Crippen LogP) is 5.62. The van der Waals surface area contributed by atoms with Crippen molar-refractivity contribution < 1.29 is 9.47 Å². The van der Waals surface area contributed by atoms with Crippen LogP contribution in [0.3, 0.4) is 0 Å². The zero-order chi connectivity index (χ0) is 24.2. The molecule has 0 radical (unpaired) electrons. The van der Waals surface area contributed by atoms with Crippen molar-refractivity contribution in [3.8, 4) is 11.5 Å². The van der Waals surface area contributed by atoms with Gasteiger partial charge >= 0.3 is 5.69 Å². The van der Waals surface area contributed by atoms with Crippen molar-refractivity contribution >= 4 is 56.2 Å². The third kappa shape index (κ3) is 5.19. The Morgan fingerprint density at radius 2 is 1.82 bits per heavy atom. The molecule has 174 valence electrons. The van der Waals surface area contributed by atoms with E-state index in [4.69, 9.17) is 32.7 Å². The van der Waals surface area contributed by atoms with Crippen LogP contribution in [-0.4, -0.2) is 22.5 Å². The molecule has 34 heavy (non-hydrogen) atoms. The van der Waals surface area contributed by atoms with Gasteiger partial charge in [0.2, 0.25) is 0 Å². The molecule has 0 aliphatic carbocycles. The summed E-state index contributed by atoms with van der Waals surface area (Å²) in [5.74, 6) is 0.953. The Kier molecular flexibility index (Phi) is 7.41.